The molecule has 10 heteroatoms. The van der Waals surface area contributed by atoms with E-state index in [0.717, 1.165) is 14.0 Å². The molecular formula is C31H31ClN6O3. The summed E-state index contributed by atoms with van der Waals surface area (Å²) in [5.74, 6) is -3.61. The Morgan fingerprint density at radius 2 is 2.17 bits per heavy atom. The molecule has 0 aliphatic rings. The van der Waals surface area contributed by atoms with Crippen molar-refractivity contribution in [3.8, 4) is 17.6 Å². The Balaban J connectivity index is 2.00. The first-order chi connectivity index (χ1) is 27.4. The number of likely N-dealkylation sites (N-methyl/N-ethyl adjacent to an activating group) is 1. The highest BCUT2D eigenvalue weighted by atomic mass is 35.5. The highest BCUT2D eigenvalue weighted by Crippen LogP contribution is 2.37. The zero-order valence-corrected chi connectivity index (χ0v) is 22.3. The molecule has 2 N–H and O–H groups in total. The molecule has 0 aliphatic heterocycles. The average Bonchev–Trinajstić information content (AvgIpc) is 3.14. The summed E-state index contributed by atoms with van der Waals surface area (Å²) >= 11 is 6.41. The number of aryl methyl sites for hydroxylation is 1. The van der Waals surface area contributed by atoms with Crippen LogP contribution in [0.25, 0.3) is 10.9 Å². The molecule has 0 radical (unpaired) electrons. The normalized spacial score (nSPS) is 19.2. The van der Waals surface area contributed by atoms with Gasteiger partial charge in [-0.1, -0.05) is 23.7 Å². The monoisotopic (exact) mass is 589 g/mol. The third-order valence-corrected chi connectivity index (χ3v) is 4.95. The molecule has 4 aromatic rings. The number of nitriles is 1. The summed E-state index contributed by atoms with van der Waals surface area (Å²) in [6, 6.07) is -7.42. The van der Waals surface area contributed by atoms with E-state index in [1.807, 2.05) is 0 Å². The largest absolute Gasteiger partial charge is 0.492 e. The molecular weight excluding hydrogens is 540 g/mol. The number of nitrogens with one attached hydrogen (secondary N) is 2. The summed E-state index contributed by atoms with van der Waals surface area (Å²) in [5.41, 5.74) is -4.86. The molecule has 0 aliphatic carbocycles. The van der Waals surface area contributed by atoms with E-state index in [1.165, 1.54) is 6.92 Å². The number of benzene rings is 2. The molecule has 2 heterocycles. The van der Waals surface area contributed by atoms with Crippen LogP contribution in [0.15, 0.2) is 66.6 Å². The fraction of sp³-hybridized carbons (Fsp3) is 0.226. The minimum atomic E-state index is -3.14. The number of fused-ring (bicyclic) bond motifs is 1. The number of rotatable bonds is 11. The van der Waals surface area contributed by atoms with E-state index >= 15 is 0 Å². The number of hydrogen-bond donors (Lipinski definition) is 2. The molecule has 4 rings (SSSR count). The lowest BCUT2D eigenvalue weighted by Gasteiger charge is -2.16. The van der Waals surface area contributed by atoms with Crippen LogP contribution in [0.4, 0.5) is 17.1 Å². The molecule has 0 saturated carbocycles. The number of carbonyl (C=O) groups is 1. The Kier molecular flexibility index (Phi) is 4.43. The van der Waals surface area contributed by atoms with E-state index in [0.29, 0.717) is 4.90 Å². The van der Waals surface area contributed by atoms with Crippen molar-refractivity contribution in [1.82, 2.24) is 14.9 Å². The quantitative estimate of drug-likeness (QED) is 0.198. The van der Waals surface area contributed by atoms with Crippen molar-refractivity contribution in [2.45, 2.75) is 20.4 Å². The number of nitrogens with zero attached hydrogens (tertiary/aromatic N) is 4. The van der Waals surface area contributed by atoms with E-state index in [2.05, 4.69) is 15.3 Å². The molecule has 1 amide bonds. The zero-order valence-electron chi connectivity index (χ0n) is 40.5. The van der Waals surface area contributed by atoms with Gasteiger partial charge in [0.15, 0.2) is 1.41 Å². The van der Waals surface area contributed by atoms with E-state index in [9.17, 15) is 10.1 Å². The maximum Gasteiger partial charge on any atom is 0.248 e. The molecule has 210 valence electrons. The highest BCUT2D eigenvalue weighted by Gasteiger charge is 2.16. The molecule has 2 aromatic heterocycles. The SMILES string of the molecule is [2H]/C(CN(C)C([2H])([2H])[2H])=C(/[2H])C(=O)N([2H])c1c(OC([2H])([2H])C)c([2H])c2nc([2H])c(C#N)c(Nc3c([2H])c([2H])c(OC([2H])([2H])c4nc(C)c([2H])c([2H])c4[2H])c(Cl)c3[2H])c2c1[2H]. The lowest BCUT2D eigenvalue weighted by Crippen LogP contribution is -2.13. The van der Waals surface area contributed by atoms with Gasteiger partial charge >= 0.3 is 0 Å². The van der Waals surface area contributed by atoms with Crippen molar-refractivity contribution in [2.24, 2.45) is 0 Å². The molecule has 0 fully saturated rings. The number of amides is 1. The van der Waals surface area contributed by atoms with Crippen molar-refractivity contribution < 1.29 is 40.4 Å². The second-order valence-electron chi connectivity index (χ2n) is 7.76. The van der Waals surface area contributed by atoms with Crippen molar-refractivity contribution in [1.29, 1.82) is 5.26 Å². The predicted octanol–water partition coefficient (Wildman–Crippen LogP) is 6.24. The summed E-state index contributed by atoms with van der Waals surface area (Å²) in [6.45, 7) is -7.23. The summed E-state index contributed by atoms with van der Waals surface area (Å²) in [4.78, 5) is 21.9. The van der Waals surface area contributed by atoms with Crippen LogP contribution in [0, 0.1) is 18.3 Å². The van der Waals surface area contributed by atoms with Crippen molar-refractivity contribution in [2.75, 3.05) is 37.8 Å². The summed E-state index contributed by atoms with van der Waals surface area (Å²) < 4.78 is 167. The van der Waals surface area contributed by atoms with Crippen LogP contribution in [0.3, 0.4) is 0 Å². The zero-order chi connectivity index (χ0) is 45.9. The van der Waals surface area contributed by atoms with Gasteiger partial charge < -0.3 is 25.0 Å². The Bertz CT molecular complexity index is 2500. The van der Waals surface area contributed by atoms with Gasteiger partial charge in [-0.2, -0.15) is 5.26 Å². The molecule has 41 heavy (non-hydrogen) atoms. The van der Waals surface area contributed by atoms with Crippen LogP contribution in [0.2, 0.25) is 6.43 Å². The van der Waals surface area contributed by atoms with E-state index < -0.39 is 155 Å². The van der Waals surface area contributed by atoms with Gasteiger partial charge in [-0.05, 0) is 64.1 Å². The maximum atomic E-state index is 13.5. The van der Waals surface area contributed by atoms with Crippen LogP contribution in [-0.4, -0.2) is 47.9 Å². The average molecular weight is 590 g/mol. The lowest BCUT2D eigenvalue weighted by atomic mass is 10.1. The molecule has 0 unspecified atom stereocenters. The molecule has 9 nitrogen and oxygen atoms in total. The standard InChI is InChI=1S/C31H31ClN6O3/c1-5-40-29-16-26-24(15-27(29)37-30(39)10-7-13-38(3)4)31(21(17-33)18-34-26)36-22-11-12-28(25(32)14-22)41-19-23-9-6-8-20(2)35-23/h6-12,14-16,18H,5,13,19H2,1-4H3,(H,34,36)(H,37,39)/b10-7+/i3D3,5D2,6D,7D,8D,9D,10D,11D,12D,14D,15D,16D,18D,19D2/hD. The summed E-state index contributed by atoms with van der Waals surface area (Å²) in [5, 5.41) is 10.9. The lowest BCUT2D eigenvalue weighted by molar-refractivity contribution is -0.111. The molecule has 0 saturated heterocycles. The topological polar surface area (TPSA) is 112 Å². The second-order valence-corrected chi connectivity index (χ2v) is 8.14. The number of hydrogen-bond acceptors (Lipinski definition) is 8. The highest BCUT2D eigenvalue weighted by molar-refractivity contribution is 6.32. The molecule has 0 atom stereocenters. The fourth-order valence-electron chi connectivity index (χ4n) is 3.03. The van der Waals surface area contributed by atoms with Crippen LogP contribution >= 0.6 is 11.6 Å². The number of ether oxygens (including phenoxy) is 2. The van der Waals surface area contributed by atoms with Gasteiger partial charge in [0, 0.05) is 45.7 Å². The van der Waals surface area contributed by atoms with Gasteiger partial charge in [0.1, 0.15) is 24.1 Å². The summed E-state index contributed by atoms with van der Waals surface area (Å²) in [6.07, 6.45) is -0.893. The number of halogens is 1. The number of pyridine rings is 2. The van der Waals surface area contributed by atoms with Crippen LogP contribution in [-0.2, 0) is 11.4 Å². The smallest absolute Gasteiger partial charge is 0.248 e. The third kappa shape index (κ3) is 7.72. The van der Waals surface area contributed by atoms with Gasteiger partial charge in [-0.25, -0.2) is 0 Å². The van der Waals surface area contributed by atoms with Crippen LogP contribution in [0.1, 0.15) is 48.5 Å². The Hall–Kier alpha value is -4.65. The van der Waals surface area contributed by atoms with E-state index in [-0.39, 0.29) is 11.0 Å². The Morgan fingerprint density at radius 3 is 2.95 bits per heavy atom. The Labute approximate surface area is 271 Å². The van der Waals surface area contributed by atoms with Gasteiger partial charge in [0.05, 0.1) is 60.3 Å². The predicted molar refractivity (Wildman–Crippen MR) is 162 cm³/mol. The van der Waals surface area contributed by atoms with Crippen molar-refractivity contribution in [3.05, 3.63) is 88.6 Å². The third-order valence-electron chi connectivity index (χ3n) is 4.69. The first-order valence-corrected chi connectivity index (χ1v) is 11.7. The van der Waals surface area contributed by atoms with Gasteiger partial charge in [-0.15, -0.1) is 0 Å². The number of carbonyl (C=O) groups excluding carboxylic acids is 1. The van der Waals surface area contributed by atoms with E-state index in [1.54, 1.807) is 6.07 Å². The second kappa shape index (κ2) is 13.6. The van der Waals surface area contributed by atoms with Crippen LogP contribution in [0.5, 0.6) is 11.5 Å². The Morgan fingerprint density at radius 1 is 1.32 bits per heavy atom. The summed E-state index contributed by atoms with van der Waals surface area (Å²) in [7, 11) is 1.07. The van der Waals surface area contributed by atoms with Crippen molar-refractivity contribution >= 4 is 45.5 Å². The molecule has 0 spiro atoms. The van der Waals surface area contributed by atoms with Crippen LogP contribution < -0.4 is 20.1 Å². The first-order valence-electron chi connectivity index (χ1n) is 20.8. The van der Waals surface area contributed by atoms with E-state index in [4.69, 9.17) is 47.2 Å². The molecule has 0 bridgehead atoms. The fourth-order valence-corrected chi connectivity index (χ4v) is 3.21. The minimum Gasteiger partial charge on any atom is -0.492 e. The molecule has 2 aromatic carbocycles. The number of aromatic nitrogens is 2. The first kappa shape index (κ1) is 13.3. The minimum absolute atomic E-state index is 0.140. The number of anilines is 3. The maximum absolute atomic E-state index is 13.5. The van der Waals surface area contributed by atoms with Gasteiger partial charge in [-0.3, -0.25) is 14.8 Å². The van der Waals surface area contributed by atoms with Gasteiger partial charge in [0.2, 0.25) is 5.91 Å². The van der Waals surface area contributed by atoms with Crippen molar-refractivity contribution in [3.63, 3.8) is 0 Å². The van der Waals surface area contributed by atoms with Gasteiger partial charge in [0.25, 0.3) is 0 Å².